The van der Waals surface area contributed by atoms with Crippen LogP contribution in [0.2, 0.25) is 0 Å². The van der Waals surface area contributed by atoms with Crippen LogP contribution in [0.4, 0.5) is 5.69 Å². The van der Waals surface area contributed by atoms with Crippen molar-refractivity contribution >= 4 is 35.6 Å². The number of hydrogen-bond donors (Lipinski definition) is 2. The number of guanidine groups is 1. The summed E-state index contributed by atoms with van der Waals surface area (Å²) in [6, 6.07) is 10.2. The number of unbranched alkanes of at least 4 members (excludes halogenated alkanes) is 1. The minimum absolute atomic E-state index is 0. The summed E-state index contributed by atoms with van der Waals surface area (Å²) in [6.45, 7) is 5.24. The first-order valence-electron chi connectivity index (χ1n) is 11.2. The fraction of sp³-hybridized carbons (Fsp3) is 0.500. The van der Waals surface area contributed by atoms with E-state index in [-0.39, 0.29) is 30.0 Å². The molecule has 1 saturated heterocycles. The van der Waals surface area contributed by atoms with Crippen LogP contribution >= 0.6 is 24.0 Å². The zero-order valence-corrected chi connectivity index (χ0v) is 22.3. The van der Waals surface area contributed by atoms with Gasteiger partial charge in [-0.3, -0.25) is 4.99 Å². The summed E-state index contributed by atoms with van der Waals surface area (Å²) in [5, 5.41) is 6.93. The van der Waals surface area contributed by atoms with Crippen LogP contribution in [0.5, 0.6) is 17.4 Å². The van der Waals surface area contributed by atoms with Crippen LogP contribution in [-0.2, 0) is 6.54 Å². The molecule has 2 N–H and O–H groups in total. The topological polar surface area (TPSA) is 80.2 Å². The Hall–Kier alpha value is -2.43. The van der Waals surface area contributed by atoms with Gasteiger partial charge in [-0.2, -0.15) is 0 Å². The summed E-state index contributed by atoms with van der Waals surface area (Å²) < 4.78 is 16.7. The maximum absolute atomic E-state index is 5.84. The van der Waals surface area contributed by atoms with E-state index in [1.807, 2.05) is 30.3 Å². The van der Waals surface area contributed by atoms with E-state index < -0.39 is 0 Å². The molecule has 3 rings (SSSR count). The molecule has 182 valence electrons. The molecule has 9 heteroatoms. The highest BCUT2D eigenvalue weighted by atomic mass is 127. The van der Waals surface area contributed by atoms with Gasteiger partial charge in [0.15, 0.2) is 5.96 Å². The molecule has 1 aromatic carbocycles. The second-order valence-corrected chi connectivity index (χ2v) is 7.74. The van der Waals surface area contributed by atoms with E-state index in [0.29, 0.717) is 19.0 Å². The van der Waals surface area contributed by atoms with Gasteiger partial charge < -0.3 is 29.7 Å². The number of ether oxygens (including phenoxy) is 3. The first-order valence-corrected chi connectivity index (χ1v) is 11.2. The molecule has 0 saturated carbocycles. The van der Waals surface area contributed by atoms with Gasteiger partial charge in [-0.15, -0.1) is 24.0 Å². The van der Waals surface area contributed by atoms with Crippen molar-refractivity contribution in [2.45, 2.75) is 38.8 Å². The Kier molecular flexibility index (Phi) is 11.4. The van der Waals surface area contributed by atoms with Crippen LogP contribution in [0.3, 0.4) is 0 Å². The zero-order valence-electron chi connectivity index (χ0n) is 20.0. The molecular formula is C24H36IN5O3. The normalized spacial score (nSPS) is 15.6. The average molecular weight is 569 g/mol. The van der Waals surface area contributed by atoms with Crippen molar-refractivity contribution in [1.29, 1.82) is 0 Å². The number of pyridine rings is 1. The molecule has 1 fully saturated rings. The molecule has 33 heavy (non-hydrogen) atoms. The molecule has 0 bridgehead atoms. The summed E-state index contributed by atoms with van der Waals surface area (Å²) in [4.78, 5) is 11.1. The minimum atomic E-state index is 0. The van der Waals surface area contributed by atoms with Crippen molar-refractivity contribution in [1.82, 2.24) is 15.6 Å². The maximum Gasteiger partial charge on any atom is 0.218 e. The number of halogens is 1. The molecule has 8 nitrogen and oxygen atoms in total. The van der Waals surface area contributed by atoms with Crippen LogP contribution in [0, 0.1) is 0 Å². The summed E-state index contributed by atoms with van der Waals surface area (Å²) in [6.07, 6.45) is 4.89. The lowest BCUT2D eigenvalue weighted by Crippen LogP contribution is -2.44. The van der Waals surface area contributed by atoms with E-state index in [1.54, 1.807) is 27.5 Å². The van der Waals surface area contributed by atoms with Crippen LogP contribution in [0.1, 0.15) is 31.7 Å². The van der Waals surface area contributed by atoms with E-state index in [4.69, 9.17) is 14.2 Å². The Labute approximate surface area is 214 Å². The first-order chi connectivity index (χ1) is 15.7. The molecule has 1 aliphatic heterocycles. The number of aromatic nitrogens is 1. The van der Waals surface area contributed by atoms with Gasteiger partial charge in [0.1, 0.15) is 11.5 Å². The van der Waals surface area contributed by atoms with Gasteiger partial charge in [-0.25, -0.2) is 4.98 Å². The Bertz CT molecular complexity index is 874. The third kappa shape index (κ3) is 7.83. The van der Waals surface area contributed by atoms with E-state index in [9.17, 15) is 0 Å². The zero-order chi connectivity index (χ0) is 22.8. The predicted molar refractivity (Wildman–Crippen MR) is 144 cm³/mol. The molecule has 2 aromatic rings. The van der Waals surface area contributed by atoms with Crippen molar-refractivity contribution in [3.8, 4) is 17.4 Å². The number of benzene rings is 1. The lowest BCUT2D eigenvalue weighted by atomic mass is 10.2. The standard InChI is InChI=1S/C24H35N5O3.HI/c1-5-6-12-32-23-18(8-7-10-26-23)16-27-24(25-2)28-19-9-11-29(17-19)20-13-21(30-3)15-22(14-20)31-4;/h7-8,10,13-15,19H,5-6,9,11-12,16-17H2,1-4H3,(H2,25,27,28);1H. The van der Waals surface area contributed by atoms with Gasteiger partial charge in [-0.05, 0) is 18.9 Å². The van der Waals surface area contributed by atoms with Crippen LogP contribution in [0.25, 0.3) is 0 Å². The molecular weight excluding hydrogens is 533 g/mol. The molecule has 0 radical (unpaired) electrons. The van der Waals surface area contributed by atoms with E-state index in [2.05, 4.69) is 32.4 Å². The third-order valence-corrected chi connectivity index (χ3v) is 5.49. The van der Waals surface area contributed by atoms with E-state index >= 15 is 0 Å². The van der Waals surface area contributed by atoms with Crippen molar-refractivity contribution < 1.29 is 14.2 Å². The molecule has 0 spiro atoms. The third-order valence-electron chi connectivity index (χ3n) is 5.49. The molecule has 2 heterocycles. The van der Waals surface area contributed by atoms with Gasteiger partial charge in [0, 0.05) is 68.4 Å². The molecule has 1 unspecified atom stereocenters. The number of rotatable bonds is 10. The molecule has 0 amide bonds. The van der Waals surface area contributed by atoms with Crippen LogP contribution in [0.15, 0.2) is 41.5 Å². The Morgan fingerprint density at radius 2 is 1.97 bits per heavy atom. The lowest BCUT2D eigenvalue weighted by Gasteiger charge is -2.21. The number of methoxy groups -OCH3 is 2. The van der Waals surface area contributed by atoms with Gasteiger partial charge >= 0.3 is 0 Å². The highest BCUT2D eigenvalue weighted by Crippen LogP contribution is 2.30. The number of aliphatic imine (C=N–C) groups is 1. The quantitative estimate of drug-likeness (QED) is 0.195. The molecule has 0 aliphatic carbocycles. The van der Waals surface area contributed by atoms with Crippen molar-refractivity contribution in [3.05, 3.63) is 42.1 Å². The van der Waals surface area contributed by atoms with Crippen molar-refractivity contribution in [3.63, 3.8) is 0 Å². The summed E-state index contributed by atoms with van der Waals surface area (Å²) in [7, 11) is 5.13. The Morgan fingerprint density at radius 3 is 2.64 bits per heavy atom. The second kappa shape index (κ2) is 14.0. The second-order valence-electron chi connectivity index (χ2n) is 7.74. The van der Waals surface area contributed by atoms with Gasteiger partial charge in [0.2, 0.25) is 5.88 Å². The lowest BCUT2D eigenvalue weighted by molar-refractivity contribution is 0.294. The van der Waals surface area contributed by atoms with Gasteiger partial charge in [0.05, 0.1) is 20.8 Å². The molecule has 1 aliphatic rings. The van der Waals surface area contributed by atoms with Gasteiger partial charge in [-0.1, -0.05) is 19.4 Å². The van der Waals surface area contributed by atoms with E-state index in [1.165, 1.54) is 0 Å². The van der Waals surface area contributed by atoms with E-state index in [0.717, 1.165) is 61.1 Å². The van der Waals surface area contributed by atoms with Gasteiger partial charge in [0.25, 0.3) is 0 Å². The molecule has 1 atom stereocenters. The average Bonchev–Trinajstić information content (AvgIpc) is 3.30. The summed E-state index contributed by atoms with van der Waals surface area (Å²) >= 11 is 0. The fourth-order valence-electron chi connectivity index (χ4n) is 3.66. The smallest absolute Gasteiger partial charge is 0.218 e. The highest BCUT2D eigenvalue weighted by molar-refractivity contribution is 14.0. The first kappa shape index (κ1) is 26.8. The summed E-state index contributed by atoms with van der Waals surface area (Å²) in [5.41, 5.74) is 2.11. The van der Waals surface area contributed by atoms with Crippen molar-refractivity contribution in [2.24, 2.45) is 4.99 Å². The number of nitrogens with one attached hydrogen (secondary N) is 2. The number of nitrogens with zero attached hydrogens (tertiary/aromatic N) is 3. The summed E-state index contributed by atoms with van der Waals surface area (Å²) in [5.74, 6) is 3.04. The number of hydrogen-bond acceptors (Lipinski definition) is 6. The fourth-order valence-corrected chi connectivity index (χ4v) is 3.66. The number of anilines is 1. The monoisotopic (exact) mass is 569 g/mol. The van der Waals surface area contributed by atoms with Crippen LogP contribution in [-0.4, -0.2) is 57.9 Å². The Morgan fingerprint density at radius 1 is 1.21 bits per heavy atom. The highest BCUT2D eigenvalue weighted by Gasteiger charge is 2.24. The van der Waals surface area contributed by atoms with Crippen molar-refractivity contribution in [2.75, 3.05) is 45.9 Å². The maximum atomic E-state index is 5.84. The predicted octanol–water partition coefficient (Wildman–Crippen LogP) is 3.84. The van der Waals surface area contributed by atoms with Crippen LogP contribution < -0.4 is 29.7 Å². The minimum Gasteiger partial charge on any atom is -0.497 e. The molecule has 1 aromatic heterocycles. The Balaban J connectivity index is 0.00000385. The largest absolute Gasteiger partial charge is 0.497 e. The SMILES string of the molecule is CCCCOc1ncccc1CNC(=NC)NC1CCN(c2cc(OC)cc(OC)c2)C1.I.